The summed E-state index contributed by atoms with van der Waals surface area (Å²) < 4.78 is 1.88. The number of hydrogen-bond donors (Lipinski definition) is 1. The summed E-state index contributed by atoms with van der Waals surface area (Å²) in [4.78, 5) is 14.9. The topological polar surface area (TPSA) is 46.9 Å². The lowest BCUT2D eigenvalue weighted by Crippen LogP contribution is -2.25. The van der Waals surface area contributed by atoms with Gasteiger partial charge in [0, 0.05) is 24.9 Å². The maximum atomic E-state index is 11.0. The van der Waals surface area contributed by atoms with Crippen molar-refractivity contribution in [2.24, 2.45) is 0 Å². The molecule has 11 heavy (non-hydrogen) atoms. The fraction of sp³-hybridized carbons (Fsp3) is 0.429. The van der Waals surface area contributed by atoms with E-state index in [1.165, 1.54) is 0 Å². The minimum Gasteiger partial charge on any atom is -0.354 e. The Kier molecular flexibility index (Phi) is 1.38. The predicted molar refractivity (Wildman–Crippen MR) is 38.9 cm³/mol. The summed E-state index contributed by atoms with van der Waals surface area (Å²) in [5.74, 6) is 0.0711. The Labute approximate surface area is 64.2 Å². The van der Waals surface area contributed by atoms with Crippen LogP contribution in [0.15, 0.2) is 12.5 Å². The van der Waals surface area contributed by atoms with Crippen molar-refractivity contribution in [3.8, 4) is 0 Å². The summed E-state index contributed by atoms with van der Waals surface area (Å²) in [7, 11) is 0. The van der Waals surface area contributed by atoms with Crippen LogP contribution in [-0.2, 0) is 17.8 Å². The zero-order valence-electron chi connectivity index (χ0n) is 6.08. The fourth-order valence-electron chi connectivity index (χ4n) is 1.24. The Morgan fingerprint density at radius 3 is 3.45 bits per heavy atom. The first-order chi connectivity index (χ1) is 5.36. The van der Waals surface area contributed by atoms with Crippen molar-refractivity contribution in [2.45, 2.75) is 13.0 Å². The van der Waals surface area contributed by atoms with Gasteiger partial charge in [0.1, 0.15) is 6.54 Å². The van der Waals surface area contributed by atoms with E-state index in [-0.39, 0.29) is 5.91 Å². The third-order valence-corrected chi connectivity index (χ3v) is 1.82. The van der Waals surface area contributed by atoms with Crippen molar-refractivity contribution in [3.05, 3.63) is 18.2 Å². The first kappa shape index (κ1) is 6.39. The molecule has 1 aromatic heterocycles. The molecule has 4 heteroatoms. The third kappa shape index (κ3) is 1.11. The molecule has 0 bridgehead atoms. The highest BCUT2D eigenvalue weighted by molar-refractivity contribution is 5.76. The van der Waals surface area contributed by atoms with Crippen LogP contribution in [0.2, 0.25) is 0 Å². The smallest absolute Gasteiger partial charge is 0.239 e. The van der Waals surface area contributed by atoms with Crippen molar-refractivity contribution in [1.82, 2.24) is 14.9 Å². The quantitative estimate of drug-likeness (QED) is 0.546. The molecule has 1 aromatic rings. The molecule has 1 amide bonds. The van der Waals surface area contributed by atoms with E-state index in [4.69, 9.17) is 0 Å². The van der Waals surface area contributed by atoms with E-state index in [0.717, 1.165) is 18.7 Å². The van der Waals surface area contributed by atoms with Crippen molar-refractivity contribution in [3.63, 3.8) is 0 Å². The number of rotatable bonds is 0. The maximum Gasteiger partial charge on any atom is 0.239 e. The van der Waals surface area contributed by atoms with Crippen LogP contribution >= 0.6 is 0 Å². The minimum absolute atomic E-state index is 0.0711. The second kappa shape index (κ2) is 2.38. The van der Waals surface area contributed by atoms with Gasteiger partial charge in [0.25, 0.3) is 0 Å². The van der Waals surface area contributed by atoms with Crippen LogP contribution in [0.25, 0.3) is 0 Å². The van der Waals surface area contributed by atoms with E-state index in [0.29, 0.717) is 6.54 Å². The van der Waals surface area contributed by atoms with Crippen LogP contribution in [0.5, 0.6) is 0 Å². The molecule has 0 unspecified atom stereocenters. The number of carbonyl (C=O) groups excluding carboxylic acids is 1. The monoisotopic (exact) mass is 151 g/mol. The molecule has 1 aliphatic rings. The van der Waals surface area contributed by atoms with E-state index < -0.39 is 0 Å². The average molecular weight is 151 g/mol. The van der Waals surface area contributed by atoms with Crippen LogP contribution in [0.3, 0.4) is 0 Å². The number of aromatic nitrogens is 2. The molecule has 2 rings (SSSR count). The highest BCUT2D eigenvalue weighted by Crippen LogP contribution is 2.02. The number of carbonyl (C=O) groups is 1. The van der Waals surface area contributed by atoms with Gasteiger partial charge in [-0.25, -0.2) is 4.98 Å². The Morgan fingerprint density at radius 2 is 2.55 bits per heavy atom. The van der Waals surface area contributed by atoms with Gasteiger partial charge in [-0.05, 0) is 0 Å². The first-order valence-electron chi connectivity index (χ1n) is 3.62. The summed E-state index contributed by atoms with van der Waals surface area (Å²) in [6, 6.07) is 0. The number of nitrogens with one attached hydrogen (secondary N) is 1. The molecule has 1 aliphatic heterocycles. The van der Waals surface area contributed by atoms with Gasteiger partial charge in [0.05, 0.1) is 6.33 Å². The van der Waals surface area contributed by atoms with Gasteiger partial charge in [-0.1, -0.05) is 0 Å². The summed E-state index contributed by atoms with van der Waals surface area (Å²) in [5.41, 5.74) is 1.13. The van der Waals surface area contributed by atoms with Gasteiger partial charge in [-0.15, -0.1) is 0 Å². The summed E-state index contributed by atoms with van der Waals surface area (Å²) >= 11 is 0. The normalized spacial score (nSPS) is 16.9. The number of amides is 1. The van der Waals surface area contributed by atoms with Gasteiger partial charge in [-0.3, -0.25) is 4.79 Å². The Balaban J connectivity index is 2.32. The number of nitrogens with zero attached hydrogens (tertiary/aromatic N) is 2. The summed E-state index contributed by atoms with van der Waals surface area (Å²) in [5, 5.41) is 2.79. The van der Waals surface area contributed by atoms with E-state index in [9.17, 15) is 4.79 Å². The van der Waals surface area contributed by atoms with Crippen LogP contribution < -0.4 is 5.32 Å². The van der Waals surface area contributed by atoms with E-state index in [2.05, 4.69) is 10.3 Å². The lowest BCUT2D eigenvalue weighted by Gasteiger charge is -1.98. The number of hydrogen-bond acceptors (Lipinski definition) is 2. The minimum atomic E-state index is 0.0711. The van der Waals surface area contributed by atoms with Crippen LogP contribution in [0.4, 0.5) is 0 Å². The lowest BCUT2D eigenvalue weighted by atomic mass is 10.3. The van der Waals surface area contributed by atoms with Crippen molar-refractivity contribution in [1.29, 1.82) is 0 Å². The van der Waals surface area contributed by atoms with Gasteiger partial charge < -0.3 is 9.88 Å². The molecular formula is C7H9N3O. The third-order valence-electron chi connectivity index (χ3n) is 1.82. The maximum absolute atomic E-state index is 11.0. The number of fused-ring (bicyclic) bond motifs is 1. The Bertz CT molecular complexity index is 279. The standard InChI is InChI=1S/C7H9N3O/c11-7-4-10-5-8-3-6(10)1-2-9-7/h3,5H,1-2,4H2,(H,9,11). The highest BCUT2D eigenvalue weighted by Gasteiger charge is 2.10. The van der Waals surface area contributed by atoms with Crippen LogP contribution in [-0.4, -0.2) is 22.0 Å². The molecule has 0 aliphatic carbocycles. The molecule has 0 fully saturated rings. The lowest BCUT2D eigenvalue weighted by molar-refractivity contribution is -0.121. The molecule has 0 atom stereocenters. The van der Waals surface area contributed by atoms with E-state index in [1.54, 1.807) is 12.5 Å². The molecule has 0 spiro atoms. The highest BCUT2D eigenvalue weighted by atomic mass is 16.1. The fourth-order valence-corrected chi connectivity index (χ4v) is 1.24. The molecule has 58 valence electrons. The first-order valence-corrected chi connectivity index (χ1v) is 3.62. The summed E-state index contributed by atoms with van der Waals surface area (Å²) in [6.07, 6.45) is 4.38. The molecular weight excluding hydrogens is 142 g/mol. The SMILES string of the molecule is O=C1Cn2cncc2CCN1. The van der Waals surface area contributed by atoms with Gasteiger partial charge in [0.15, 0.2) is 0 Å². The largest absolute Gasteiger partial charge is 0.354 e. The molecule has 0 saturated carbocycles. The summed E-state index contributed by atoms with van der Waals surface area (Å²) in [6.45, 7) is 1.14. The molecule has 4 nitrogen and oxygen atoms in total. The molecule has 0 saturated heterocycles. The van der Waals surface area contributed by atoms with Crippen LogP contribution in [0, 0.1) is 0 Å². The Hall–Kier alpha value is -1.32. The van der Waals surface area contributed by atoms with Gasteiger partial charge in [-0.2, -0.15) is 0 Å². The van der Waals surface area contributed by atoms with E-state index in [1.807, 2.05) is 4.57 Å². The van der Waals surface area contributed by atoms with E-state index >= 15 is 0 Å². The average Bonchev–Trinajstić information content (AvgIpc) is 2.31. The second-order valence-electron chi connectivity index (χ2n) is 2.61. The predicted octanol–water partition coefficient (Wildman–Crippen LogP) is -0.445. The van der Waals surface area contributed by atoms with Gasteiger partial charge in [0.2, 0.25) is 5.91 Å². The molecule has 1 N–H and O–H groups in total. The Morgan fingerprint density at radius 1 is 1.64 bits per heavy atom. The van der Waals surface area contributed by atoms with Crippen molar-refractivity contribution in [2.75, 3.05) is 6.54 Å². The molecule has 0 aromatic carbocycles. The zero-order valence-corrected chi connectivity index (χ0v) is 6.08. The molecule has 0 radical (unpaired) electrons. The van der Waals surface area contributed by atoms with Crippen molar-refractivity contribution < 1.29 is 4.79 Å². The number of imidazole rings is 1. The zero-order chi connectivity index (χ0) is 7.68. The molecule has 2 heterocycles. The van der Waals surface area contributed by atoms with Crippen LogP contribution in [0.1, 0.15) is 5.69 Å². The second-order valence-corrected chi connectivity index (χ2v) is 2.61. The van der Waals surface area contributed by atoms with Gasteiger partial charge >= 0.3 is 0 Å². The van der Waals surface area contributed by atoms with Crippen molar-refractivity contribution >= 4 is 5.91 Å².